The van der Waals surface area contributed by atoms with Crippen molar-refractivity contribution >= 4 is 12.1 Å². The summed E-state index contributed by atoms with van der Waals surface area (Å²) in [6.07, 6.45) is 0.773. The van der Waals surface area contributed by atoms with Gasteiger partial charge in [0.15, 0.2) is 0 Å². The highest BCUT2D eigenvalue weighted by molar-refractivity contribution is 6.25. The van der Waals surface area contributed by atoms with Crippen molar-refractivity contribution in [2.24, 2.45) is 10.9 Å². The lowest BCUT2D eigenvalue weighted by atomic mass is 10.7. The first-order chi connectivity index (χ1) is 4.27. The Kier molecular flexibility index (Phi) is 4.39. The number of hydrogen-bond acceptors (Lipinski definition) is 3. The molecule has 4 nitrogen and oxygen atoms in total. The summed E-state index contributed by atoms with van der Waals surface area (Å²) in [6.45, 7) is -0.778. The third-order valence-corrected chi connectivity index (χ3v) is 0.423. The first kappa shape index (κ1) is 7.87. The second kappa shape index (κ2) is 5.02. The highest BCUT2D eigenvalue weighted by atomic mass is 19.1. The van der Waals surface area contributed by atoms with Crippen LogP contribution in [0.5, 0.6) is 0 Å². The molecule has 0 aliphatic rings. The third-order valence-electron chi connectivity index (χ3n) is 0.423. The van der Waals surface area contributed by atoms with Crippen molar-refractivity contribution in [2.45, 2.75) is 0 Å². The van der Waals surface area contributed by atoms with Crippen molar-refractivity contribution in [3.05, 3.63) is 0 Å². The quantitative estimate of drug-likeness (QED) is 0.318. The number of amides is 1. The van der Waals surface area contributed by atoms with Crippen molar-refractivity contribution < 1.29 is 14.0 Å². The molecule has 0 aromatic carbocycles. The fourth-order valence-corrected chi connectivity index (χ4v) is 0.176. The van der Waals surface area contributed by atoms with Gasteiger partial charge < -0.3 is 10.6 Å². The number of oxime groups is 1. The number of halogens is 1. The number of carbonyl (C=O) groups is 1. The number of carbonyl (C=O) groups excluding carboxylic acids is 1. The van der Waals surface area contributed by atoms with Crippen molar-refractivity contribution in [2.75, 3.05) is 13.3 Å². The molecule has 0 atom stereocenters. The van der Waals surface area contributed by atoms with Gasteiger partial charge in [0.2, 0.25) is 0 Å². The number of nitrogens with two attached hydrogens (primary N) is 1. The summed E-state index contributed by atoms with van der Waals surface area (Å²) in [4.78, 5) is 14.0. The molecule has 0 aromatic heterocycles. The van der Waals surface area contributed by atoms with Gasteiger partial charge >= 0.3 is 0 Å². The molecule has 2 N–H and O–H groups in total. The summed E-state index contributed by atoms with van der Waals surface area (Å²) in [5.41, 5.74) is 4.61. The van der Waals surface area contributed by atoms with Crippen LogP contribution >= 0.6 is 0 Å². The van der Waals surface area contributed by atoms with Crippen LogP contribution in [0.15, 0.2) is 5.16 Å². The molecule has 0 aromatic rings. The molecule has 0 rings (SSSR count). The van der Waals surface area contributed by atoms with E-state index in [-0.39, 0.29) is 6.61 Å². The Morgan fingerprint density at radius 3 is 3.00 bits per heavy atom. The number of primary amides is 1. The maximum Gasteiger partial charge on any atom is 0.263 e. The van der Waals surface area contributed by atoms with Crippen LogP contribution in [-0.4, -0.2) is 25.4 Å². The highest BCUT2D eigenvalue weighted by Gasteiger charge is 1.83. The van der Waals surface area contributed by atoms with Gasteiger partial charge in [-0.2, -0.15) is 0 Å². The predicted molar refractivity (Wildman–Crippen MR) is 29.6 cm³/mol. The van der Waals surface area contributed by atoms with Crippen molar-refractivity contribution in [1.29, 1.82) is 0 Å². The molecule has 0 radical (unpaired) electrons. The molecular formula is C4H7FN2O2. The van der Waals surface area contributed by atoms with Crippen molar-refractivity contribution in [3.63, 3.8) is 0 Å². The molecule has 0 saturated heterocycles. The fraction of sp³-hybridized carbons (Fsp3) is 0.500. The number of alkyl halides is 1. The molecule has 5 heteroatoms. The molecule has 0 unspecified atom stereocenters. The second-order valence-corrected chi connectivity index (χ2v) is 1.16. The van der Waals surface area contributed by atoms with E-state index in [1.54, 1.807) is 0 Å². The van der Waals surface area contributed by atoms with Gasteiger partial charge in [-0.25, -0.2) is 4.39 Å². The Morgan fingerprint density at radius 2 is 2.56 bits per heavy atom. The van der Waals surface area contributed by atoms with E-state index in [9.17, 15) is 9.18 Å². The minimum absolute atomic E-state index is 0.149. The van der Waals surface area contributed by atoms with Crippen LogP contribution in [0.2, 0.25) is 0 Å². The van der Waals surface area contributed by atoms with E-state index in [0.717, 1.165) is 6.21 Å². The van der Waals surface area contributed by atoms with E-state index in [4.69, 9.17) is 0 Å². The fourth-order valence-electron chi connectivity index (χ4n) is 0.176. The van der Waals surface area contributed by atoms with Gasteiger partial charge in [-0.1, -0.05) is 5.16 Å². The standard InChI is InChI=1S/C4H7FN2O2/c5-1-2-9-7-3-4(6)8/h3H,1-2H2,(H2,6,8)/b7-3+. The number of hydrogen-bond donors (Lipinski definition) is 1. The summed E-state index contributed by atoms with van der Waals surface area (Å²) in [5.74, 6) is -0.714. The Morgan fingerprint density at radius 1 is 1.89 bits per heavy atom. The Hall–Kier alpha value is -1.13. The zero-order valence-corrected chi connectivity index (χ0v) is 4.71. The van der Waals surface area contributed by atoms with Gasteiger partial charge in [-0.05, 0) is 0 Å². The largest absolute Gasteiger partial charge is 0.393 e. The monoisotopic (exact) mass is 134 g/mol. The normalized spacial score (nSPS) is 9.89. The van der Waals surface area contributed by atoms with Gasteiger partial charge in [0.05, 0.1) is 0 Å². The van der Waals surface area contributed by atoms with Crippen molar-refractivity contribution in [1.82, 2.24) is 0 Å². The van der Waals surface area contributed by atoms with Crippen LogP contribution in [-0.2, 0) is 9.63 Å². The van der Waals surface area contributed by atoms with Crippen LogP contribution in [0.25, 0.3) is 0 Å². The van der Waals surface area contributed by atoms with Crippen LogP contribution in [0.4, 0.5) is 4.39 Å². The molecule has 9 heavy (non-hydrogen) atoms. The van der Waals surface area contributed by atoms with Gasteiger partial charge in [-0.3, -0.25) is 4.79 Å². The minimum atomic E-state index is -0.714. The molecule has 0 heterocycles. The third kappa shape index (κ3) is 6.87. The lowest BCUT2D eigenvalue weighted by molar-refractivity contribution is -0.111. The Bertz CT molecular complexity index is 115. The summed E-state index contributed by atoms with van der Waals surface area (Å²) >= 11 is 0. The molecule has 52 valence electrons. The summed E-state index contributed by atoms with van der Waals surface area (Å²) in [6, 6.07) is 0. The number of rotatable bonds is 4. The first-order valence-electron chi connectivity index (χ1n) is 2.28. The molecule has 1 amide bonds. The maximum absolute atomic E-state index is 11.2. The lowest BCUT2D eigenvalue weighted by Gasteiger charge is -1.88. The molecule has 0 aliphatic carbocycles. The van der Waals surface area contributed by atoms with Crippen LogP contribution in [0, 0.1) is 0 Å². The Labute approximate surface area is 51.5 Å². The first-order valence-corrected chi connectivity index (χ1v) is 2.28. The Balaban J connectivity index is 3.15. The van der Waals surface area contributed by atoms with E-state index in [2.05, 4.69) is 15.7 Å². The van der Waals surface area contributed by atoms with Crippen molar-refractivity contribution in [3.8, 4) is 0 Å². The predicted octanol–water partition coefficient (Wildman–Crippen LogP) is -0.556. The van der Waals surface area contributed by atoms with Gasteiger partial charge in [0, 0.05) is 0 Å². The van der Waals surface area contributed by atoms with Gasteiger partial charge in [0.25, 0.3) is 5.91 Å². The van der Waals surface area contributed by atoms with Crippen LogP contribution < -0.4 is 5.73 Å². The van der Waals surface area contributed by atoms with Gasteiger partial charge in [-0.15, -0.1) is 0 Å². The molecule has 0 saturated carbocycles. The molecular weight excluding hydrogens is 127 g/mol. The minimum Gasteiger partial charge on any atom is -0.393 e. The molecule has 0 aliphatic heterocycles. The smallest absolute Gasteiger partial charge is 0.263 e. The highest BCUT2D eigenvalue weighted by Crippen LogP contribution is 1.73. The summed E-state index contributed by atoms with van der Waals surface area (Å²) in [5, 5.41) is 3.02. The van der Waals surface area contributed by atoms with Crippen LogP contribution in [0.1, 0.15) is 0 Å². The lowest BCUT2D eigenvalue weighted by Crippen LogP contribution is -2.11. The topological polar surface area (TPSA) is 64.7 Å². The van der Waals surface area contributed by atoms with E-state index in [1.807, 2.05) is 0 Å². The zero-order valence-electron chi connectivity index (χ0n) is 4.71. The van der Waals surface area contributed by atoms with E-state index in [0.29, 0.717) is 0 Å². The van der Waals surface area contributed by atoms with E-state index in [1.165, 1.54) is 0 Å². The van der Waals surface area contributed by atoms with E-state index < -0.39 is 12.6 Å². The second-order valence-electron chi connectivity index (χ2n) is 1.16. The number of nitrogens with zero attached hydrogens (tertiary/aromatic N) is 1. The van der Waals surface area contributed by atoms with E-state index >= 15 is 0 Å². The molecule has 0 spiro atoms. The SMILES string of the molecule is NC(=O)/C=N/OCCF. The van der Waals surface area contributed by atoms with Crippen LogP contribution in [0.3, 0.4) is 0 Å². The molecule has 0 fully saturated rings. The average molecular weight is 134 g/mol. The average Bonchev–Trinajstić information content (AvgIpc) is 1.80. The summed E-state index contributed by atoms with van der Waals surface area (Å²) in [7, 11) is 0. The maximum atomic E-state index is 11.2. The van der Waals surface area contributed by atoms with Gasteiger partial charge in [0.1, 0.15) is 19.5 Å². The summed E-state index contributed by atoms with van der Waals surface area (Å²) < 4.78 is 11.2. The zero-order chi connectivity index (χ0) is 7.11. The molecule has 0 bridgehead atoms.